The standard InChI is InChI=1S/C16H18F3NO4/c1-15(2,3)24-14(22)20-12(8-23-4)10-6-5-9(16(17,18)19)7-11(10)13(20)21/h5-7,12H,8H2,1-4H3. The van der Waals surface area contributed by atoms with Crippen molar-refractivity contribution < 1.29 is 32.2 Å². The number of alkyl halides is 3. The van der Waals surface area contributed by atoms with Crippen LogP contribution in [0.1, 0.15) is 48.3 Å². The summed E-state index contributed by atoms with van der Waals surface area (Å²) in [5, 5.41) is 0. The van der Waals surface area contributed by atoms with Crippen LogP contribution in [0.4, 0.5) is 18.0 Å². The van der Waals surface area contributed by atoms with Gasteiger partial charge >= 0.3 is 12.3 Å². The van der Waals surface area contributed by atoms with E-state index in [1.807, 2.05) is 0 Å². The van der Waals surface area contributed by atoms with Crippen molar-refractivity contribution in [3.05, 3.63) is 34.9 Å². The van der Waals surface area contributed by atoms with Crippen molar-refractivity contribution in [3.8, 4) is 0 Å². The molecule has 24 heavy (non-hydrogen) atoms. The Morgan fingerprint density at radius 2 is 1.88 bits per heavy atom. The summed E-state index contributed by atoms with van der Waals surface area (Å²) in [5.74, 6) is -0.826. The number of ether oxygens (including phenoxy) is 2. The molecule has 0 N–H and O–H groups in total. The first-order valence-corrected chi connectivity index (χ1v) is 7.22. The van der Waals surface area contributed by atoms with Crippen molar-refractivity contribution in [1.82, 2.24) is 4.90 Å². The van der Waals surface area contributed by atoms with E-state index in [0.717, 1.165) is 17.0 Å². The normalized spacial score (nSPS) is 17.9. The van der Waals surface area contributed by atoms with E-state index in [4.69, 9.17) is 9.47 Å². The number of imide groups is 1. The summed E-state index contributed by atoms with van der Waals surface area (Å²) >= 11 is 0. The number of carbonyl (C=O) groups excluding carboxylic acids is 2. The minimum absolute atomic E-state index is 0.0383. The number of halogens is 3. The number of amides is 2. The van der Waals surface area contributed by atoms with E-state index in [9.17, 15) is 22.8 Å². The Balaban J connectivity index is 2.44. The van der Waals surface area contributed by atoms with Gasteiger partial charge in [0.2, 0.25) is 0 Å². The fourth-order valence-corrected chi connectivity index (χ4v) is 2.46. The molecular formula is C16H18F3NO4. The maximum atomic E-state index is 12.9. The fourth-order valence-electron chi connectivity index (χ4n) is 2.46. The molecule has 0 bridgehead atoms. The number of hydrogen-bond donors (Lipinski definition) is 0. The number of carbonyl (C=O) groups is 2. The Morgan fingerprint density at radius 3 is 2.38 bits per heavy atom. The molecule has 1 aliphatic heterocycles. The first kappa shape index (κ1) is 18.3. The van der Waals surface area contributed by atoms with Crippen LogP contribution in [0.25, 0.3) is 0 Å². The number of methoxy groups -OCH3 is 1. The Morgan fingerprint density at radius 1 is 1.25 bits per heavy atom. The lowest BCUT2D eigenvalue weighted by Crippen LogP contribution is -2.40. The average Bonchev–Trinajstić information content (AvgIpc) is 2.69. The SMILES string of the molecule is COCC1c2ccc(C(F)(F)F)cc2C(=O)N1C(=O)OC(C)(C)C. The first-order chi connectivity index (χ1) is 11.0. The summed E-state index contributed by atoms with van der Waals surface area (Å²) in [6.07, 6.45) is -5.50. The fraction of sp³-hybridized carbons (Fsp3) is 0.500. The van der Waals surface area contributed by atoms with Gasteiger partial charge in [-0.05, 0) is 38.5 Å². The number of hydrogen-bond acceptors (Lipinski definition) is 4. The van der Waals surface area contributed by atoms with Crippen LogP contribution >= 0.6 is 0 Å². The molecule has 0 spiro atoms. The van der Waals surface area contributed by atoms with Crippen LogP contribution in [0.15, 0.2) is 18.2 Å². The number of benzene rings is 1. The first-order valence-electron chi connectivity index (χ1n) is 7.22. The largest absolute Gasteiger partial charge is 0.443 e. The predicted molar refractivity (Wildman–Crippen MR) is 78.5 cm³/mol. The van der Waals surface area contributed by atoms with Gasteiger partial charge in [-0.2, -0.15) is 13.2 Å². The zero-order valence-electron chi connectivity index (χ0n) is 13.7. The number of nitrogens with zero attached hydrogens (tertiary/aromatic N) is 1. The monoisotopic (exact) mass is 345 g/mol. The quantitative estimate of drug-likeness (QED) is 0.818. The molecule has 8 heteroatoms. The summed E-state index contributed by atoms with van der Waals surface area (Å²) < 4.78 is 48.8. The summed E-state index contributed by atoms with van der Waals surface area (Å²) in [7, 11) is 1.37. The van der Waals surface area contributed by atoms with Crippen LogP contribution in [-0.2, 0) is 15.7 Å². The van der Waals surface area contributed by atoms with E-state index in [1.54, 1.807) is 20.8 Å². The molecule has 2 amide bonds. The molecule has 0 saturated carbocycles. The molecule has 0 fully saturated rings. The van der Waals surface area contributed by atoms with E-state index < -0.39 is 35.4 Å². The van der Waals surface area contributed by atoms with Gasteiger partial charge in [0.25, 0.3) is 5.91 Å². The van der Waals surface area contributed by atoms with E-state index >= 15 is 0 Å². The maximum absolute atomic E-state index is 12.9. The van der Waals surface area contributed by atoms with E-state index in [-0.39, 0.29) is 12.2 Å². The average molecular weight is 345 g/mol. The highest BCUT2D eigenvalue weighted by Crippen LogP contribution is 2.38. The summed E-state index contributed by atoms with van der Waals surface area (Å²) in [6, 6.07) is 2.01. The van der Waals surface area contributed by atoms with Crippen molar-refractivity contribution in [2.75, 3.05) is 13.7 Å². The molecule has 0 aliphatic carbocycles. The van der Waals surface area contributed by atoms with Crippen molar-refractivity contribution in [1.29, 1.82) is 0 Å². The summed E-state index contributed by atoms with van der Waals surface area (Å²) in [6.45, 7) is 4.85. The number of rotatable bonds is 2. The van der Waals surface area contributed by atoms with Crippen LogP contribution in [0, 0.1) is 0 Å². The highest BCUT2D eigenvalue weighted by Gasteiger charge is 2.44. The molecule has 132 valence electrons. The molecular weight excluding hydrogens is 327 g/mol. The summed E-state index contributed by atoms with van der Waals surface area (Å²) in [4.78, 5) is 25.6. The summed E-state index contributed by atoms with van der Waals surface area (Å²) in [5.41, 5.74) is -1.66. The molecule has 0 aromatic heterocycles. The second-order valence-electron chi connectivity index (χ2n) is 6.43. The third-order valence-electron chi connectivity index (χ3n) is 3.42. The van der Waals surface area contributed by atoms with Crippen LogP contribution in [0.2, 0.25) is 0 Å². The lowest BCUT2D eigenvalue weighted by atomic mass is 10.0. The van der Waals surface area contributed by atoms with Gasteiger partial charge in [-0.25, -0.2) is 9.69 Å². The highest BCUT2D eigenvalue weighted by atomic mass is 19.4. The van der Waals surface area contributed by atoms with Gasteiger partial charge < -0.3 is 9.47 Å². The molecule has 1 aromatic rings. The van der Waals surface area contributed by atoms with Crippen LogP contribution in [0.5, 0.6) is 0 Å². The second kappa shape index (κ2) is 6.08. The molecule has 2 rings (SSSR count). The van der Waals surface area contributed by atoms with Crippen molar-refractivity contribution in [2.45, 2.75) is 38.6 Å². The van der Waals surface area contributed by atoms with E-state index in [0.29, 0.717) is 5.56 Å². The molecule has 1 atom stereocenters. The molecule has 1 unspecified atom stereocenters. The van der Waals surface area contributed by atoms with Gasteiger partial charge in [-0.3, -0.25) is 4.79 Å². The molecule has 5 nitrogen and oxygen atoms in total. The van der Waals surface area contributed by atoms with E-state index in [1.165, 1.54) is 13.2 Å². The second-order valence-corrected chi connectivity index (χ2v) is 6.43. The van der Waals surface area contributed by atoms with Crippen LogP contribution in [-0.4, -0.2) is 36.2 Å². The zero-order valence-corrected chi connectivity index (χ0v) is 13.7. The van der Waals surface area contributed by atoms with Crippen LogP contribution in [0.3, 0.4) is 0 Å². The minimum Gasteiger partial charge on any atom is -0.443 e. The Hall–Kier alpha value is -2.09. The smallest absolute Gasteiger partial charge is 0.417 e. The van der Waals surface area contributed by atoms with Crippen LogP contribution < -0.4 is 0 Å². The molecule has 0 saturated heterocycles. The lowest BCUT2D eigenvalue weighted by Gasteiger charge is -2.27. The van der Waals surface area contributed by atoms with Gasteiger partial charge in [0.15, 0.2) is 0 Å². The molecule has 0 radical (unpaired) electrons. The van der Waals surface area contributed by atoms with Gasteiger partial charge in [0.05, 0.1) is 18.2 Å². The lowest BCUT2D eigenvalue weighted by molar-refractivity contribution is -0.137. The Bertz CT molecular complexity index is 664. The molecule has 1 aliphatic rings. The van der Waals surface area contributed by atoms with E-state index in [2.05, 4.69) is 0 Å². The van der Waals surface area contributed by atoms with Crippen molar-refractivity contribution >= 4 is 12.0 Å². The van der Waals surface area contributed by atoms with Gasteiger partial charge in [0.1, 0.15) is 5.60 Å². The third-order valence-corrected chi connectivity index (χ3v) is 3.42. The van der Waals surface area contributed by atoms with Gasteiger partial charge in [-0.1, -0.05) is 6.07 Å². The third kappa shape index (κ3) is 3.53. The minimum atomic E-state index is -4.58. The highest BCUT2D eigenvalue weighted by molar-refractivity contribution is 6.07. The van der Waals surface area contributed by atoms with Crippen molar-refractivity contribution in [2.24, 2.45) is 0 Å². The zero-order chi connectivity index (χ0) is 18.3. The molecule has 1 heterocycles. The van der Waals surface area contributed by atoms with Crippen molar-refractivity contribution in [3.63, 3.8) is 0 Å². The van der Waals surface area contributed by atoms with Gasteiger partial charge in [0, 0.05) is 12.7 Å². The molecule has 1 aromatic carbocycles. The predicted octanol–water partition coefficient (Wildman–Crippen LogP) is 3.78. The topological polar surface area (TPSA) is 55.8 Å². The maximum Gasteiger partial charge on any atom is 0.417 e. The Kier molecular flexibility index (Phi) is 4.63. The Labute approximate surface area is 137 Å². The number of fused-ring (bicyclic) bond motifs is 1. The van der Waals surface area contributed by atoms with Gasteiger partial charge in [-0.15, -0.1) is 0 Å².